The number of nitrogens with zero attached hydrogens (tertiary/aromatic N) is 1. The fraction of sp³-hybridized carbons (Fsp3) is 0.476. The molecule has 0 bridgehead atoms. The smallest absolute Gasteiger partial charge is 0.233 e. The zero-order valence-electron chi connectivity index (χ0n) is 14.7. The normalized spacial score (nSPS) is 22.9. The largest absolute Gasteiger partial charge is 0.370 e. The van der Waals surface area contributed by atoms with Gasteiger partial charge in [-0.05, 0) is 48.8 Å². The number of benzene rings is 1. The van der Waals surface area contributed by atoms with Crippen LogP contribution in [0.5, 0.6) is 0 Å². The van der Waals surface area contributed by atoms with E-state index in [1.807, 2.05) is 22.3 Å². The molecule has 0 atom stereocenters. The summed E-state index contributed by atoms with van der Waals surface area (Å²) >= 11 is 1.81. The summed E-state index contributed by atoms with van der Waals surface area (Å²) in [6, 6.07) is 8.93. The molecule has 2 fully saturated rings. The van der Waals surface area contributed by atoms with Crippen LogP contribution in [0.25, 0.3) is 0 Å². The second kappa shape index (κ2) is 5.89. The molecule has 1 amide bonds. The van der Waals surface area contributed by atoms with E-state index < -0.39 is 5.41 Å². The molecule has 136 valence electrons. The molecule has 0 unspecified atom stereocenters. The van der Waals surface area contributed by atoms with Gasteiger partial charge >= 0.3 is 0 Å². The fourth-order valence-corrected chi connectivity index (χ4v) is 5.67. The van der Waals surface area contributed by atoms with Crippen LogP contribution in [-0.4, -0.2) is 30.5 Å². The molecule has 0 radical (unpaired) electrons. The molecule has 3 heterocycles. The number of carbonyl (C=O) groups excluding carboxylic acids is 1. The van der Waals surface area contributed by atoms with Gasteiger partial charge in [0.05, 0.1) is 17.6 Å². The molecule has 3 aliphatic rings. The molecular formula is C21H22FNO2S. The van der Waals surface area contributed by atoms with Gasteiger partial charge in [0.15, 0.2) is 0 Å². The highest BCUT2D eigenvalue weighted by Crippen LogP contribution is 2.51. The fourth-order valence-electron chi connectivity index (χ4n) is 4.72. The van der Waals surface area contributed by atoms with Crippen molar-refractivity contribution < 1.29 is 13.9 Å². The van der Waals surface area contributed by atoms with Crippen LogP contribution in [0.4, 0.5) is 4.39 Å². The number of amides is 1. The van der Waals surface area contributed by atoms with Crippen LogP contribution in [-0.2, 0) is 27.0 Å². The minimum absolute atomic E-state index is 0.0961. The second-order valence-corrected chi connectivity index (χ2v) is 8.71. The summed E-state index contributed by atoms with van der Waals surface area (Å²) < 4.78 is 20.5. The Morgan fingerprint density at radius 1 is 1.08 bits per heavy atom. The Labute approximate surface area is 156 Å². The molecule has 0 N–H and O–H groups in total. The predicted octanol–water partition coefficient (Wildman–Crippen LogP) is 4.01. The van der Waals surface area contributed by atoms with E-state index in [0.29, 0.717) is 18.7 Å². The highest BCUT2D eigenvalue weighted by molar-refractivity contribution is 7.10. The lowest BCUT2D eigenvalue weighted by molar-refractivity contribution is -0.143. The number of piperidine rings is 1. The lowest BCUT2D eigenvalue weighted by atomic mass is 9.81. The van der Waals surface area contributed by atoms with Crippen LogP contribution in [0, 0.1) is 5.82 Å². The summed E-state index contributed by atoms with van der Waals surface area (Å²) in [6.45, 7) is 2.13. The molecular weight excluding hydrogens is 349 g/mol. The van der Waals surface area contributed by atoms with Crippen LogP contribution in [0.15, 0.2) is 35.7 Å². The minimum atomic E-state index is -0.628. The van der Waals surface area contributed by atoms with Gasteiger partial charge in [-0.2, -0.15) is 0 Å². The van der Waals surface area contributed by atoms with Crippen molar-refractivity contribution in [1.82, 2.24) is 4.90 Å². The number of halogens is 1. The van der Waals surface area contributed by atoms with Crippen LogP contribution in [0.3, 0.4) is 0 Å². The van der Waals surface area contributed by atoms with Crippen molar-refractivity contribution in [3.05, 3.63) is 57.5 Å². The van der Waals surface area contributed by atoms with E-state index in [-0.39, 0.29) is 17.3 Å². The van der Waals surface area contributed by atoms with Crippen molar-refractivity contribution in [2.45, 2.75) is 43.1 Å². The van der Waals surface area contributed by atoms with Gasteiger partial charge in [0.2, 0.25) is 5.91 Å². The lowest BCUT2D eigenvalue weighted by Crippen LogP contribution is -2.50. The summed E-state index contributed by atoms with van der Waals surface area (Å²) in [7, 11) is 0. The molecule has 2 aliphatic heterocycles. The molecule has 5 rings (SSSR count). The number of carbonyl (C=O) groups is 1. The van der Waals surface area contributed by atoms with E-state index >= 15 is 0 Å². The van der Waals surface area contributed by atoms with Gasteiger partial charge < -0.3 is 9.64 Å². The van der Waals surface area contributed by atoms with Crippen molar-refractivity contribution in [3.8, 4) is 0 Å². The molecule has 1 saturated heterocycles. The van der Waals surface area contributed by atoms with Crippen LogP contribution in [0.1, 0.15) is 41.7 Å². The predicted molar refractivity (Wildman–Crippen MR) is 98.8 cm³/mol. The third kappa shape index (κ3) is 2.37. The molecule has 1 spiro atoms. The third-order valence-corrected chi connectivity index (χ3v) is 7.33. The first-order valence-electron chi connectivity index (χ1n) is 9.40. The molecule has 1 aromatic carbocycles. The Morgan fingerprint density at radius 2 is 1.85 bits per heavy atom. The van der Waals surface area contributed by atoms with Gasteiger partial charge in [-0.3, -0.25) is 4.79 Å². The zero-order chi connectivity index (χ0) is 17.8. The summed E-state index contributed by atoms with van der Waals surface area (Å²) in [5.74, 6) is -0.163. The van der Waals surface area contributed by atoms with Gasteiger partial charge in [0.1, 0.15) is 5.82 Å². The quantitative estimate of drug-likeness (QED) is 0.798. The van der Waals surface area contributed by atoms with E-state index in [1.165, 1.54) is 16.5 Å². The van der Waals surface area contributed by atoms with Crippen molar-refractivity contribution >= 4 is 17.2 Å². The maximum atomic E-state index is 14.3. The van der Waals surface area contributed by atoms with E-state index in [1.54, 1.807) is 12.1 Å². The average molecular weight is 371 g/mol. The monoisotopic (exact) mass is 371 g/mol. The highest BCUT2D eigenvalue weighted by atomic mass is 32.1. The summed E-state index contributed by atoms with van der Waals surface area (Å²) in [5.41, 5.74) is 1.05. The van der Waals surface area contributed by atoms with Gasteiger partial charge in [0.25, 0.3) is 0 Å². The Hall–Kier alpha value is -1.72. The van der Waals surface area contributed by atoms with Crippen molar-refractivity contribution in [2.75, 3.05) is 19.7 Å². The Morgan fingerprint density at radius 3 is 2.58 bits per heavy atom. The SMILES string of the molecule is O=C(N1CCC2(CC1)OCCc1sccc12)C1(c2ccccc2F)CC1. The molecule has 2 aromatic rings. The minimum Gasteiger partial charge on any atom is -0.370 e. The number of likely N-dealkylation sites (tertiary alicyclic amines) is 1. The van der Waals surface area contributed by atoms with E-state index in [4.69, 9.17) is 4.74 Å². The number of ether oxygens (including phenoxy) is 1. The van der Waals surface area contributed by atoms with Gasteiger partial charge in [0, 0.05) is 30.0 Å². The first kappa shape index (κ1) is 16.5. The van der Waals surface area contributed by atoms with E-state index in [2.05, 4.69) is 11.4 Å². The maximum absolute atomic E-state index is 14.3. The molecule has 1 saturated carbocycles. The number of hydrogen-bond donors (Lipinski definition) is 0. The van der Waals surface area contributed by atoms with Crippen molar-refractivity contribution in [3.63, 3.8) is 0 Å². The van der Waals surface area contributed by atoms with Gasteiger partial charge in [-0.15, -0.1) is 11.3 Å². The standard InChI is InChI=1S/C21H22FNO2S/c22-17-4-2-1-3-15(17)20(7-8-20)19(24)23-11-9-21(10-12-23)16-6-14-26-18(16)5-13-25-21/h1-4,6,14H,5,7-13H2. The Bertz CT molecular complexity index is 849. The molecule has 1 aliphatic carbocycles. The average Bonchev–Trinajstić information content (AvgIpc) is 3.32. The molecule has 3 nitrogen and oxygen atoms in total. The van der Waals surface area contributed by atoms with Crippen LogP contribution < -0.4 is 0 Å². The van der Waals surface area contributed by atoms with E-state index in [9.17, 15) is 9.18 Å². The van der Waals surface area contributed by atoms with Gasteiger partial charge in [-0.1, -0.05) is 18.2 Å². The number of fused-ring (bicyclic) bond motifs is 2. The lowest BCUT2D eigenvalue weighted by Gasteiger charge is -2.44. The van der Waals surface area contributed by atoms with Crippen LogP contribution in [0.2, 0.25) is 0 Å². The maximum Gasteiger partial charge on any atom is 0.233 e. The van der Waals surface area contributed by atoms with Crippen LogP contribution >= 0.6 is 11.3 Å². The third-order valence-electron chi connectivity index (χ3n) is 6.35. The Kier molecular flexibility index (Phi) is 3.73. The van der Waals surface area contributed by atoms with Crippen molar-refractivity contribution in [1.29, 1.82) is 0 Å². The number of hydrogen-bond acceptors (Lipinski definition) is 3. The zero-order valence-corrected chi connectivity index (χ0v) is 15.5. The Balaban J connectivity index is 1.35. The topological polar surface area (TPSA) is 29.5 Å². The molecule has 26 heavy (non-hydrogen) atoms. The number of thiophene rings is 1. The highest BCUT2D eigenvalue weighted by Gasteiger charge is 2.55. The second-order valence-electron chi connectivity index (χ2n) is 7.70. The summed E-state index contributed by atoms with van der Waals surface area (Å²) in [5, 5.41) is 2.15. The molecule has 5 heteroatoms. The first-order valence-corrected chi connectivity index (χ1v) is 10.3. The summed E-state index contributed by atoms with van der Waals surface area (Å²) in [6.07, 6.45) is 4.15. The summed E-state index contributed by atoms with van der Waals surface area (Å²) in [4.78, 5) is 16.6. The van der Waals surface area contributed by atoms with Gasteiger partial charge in [-0.25, -0.2) is 4.39 Å². The molecule has 1 aromatic heterocycles. The van der Waals surface area contributed by atoms with E-state index in [0.717, 1.165) is 38.7 Å². The number of rotatable bonds is 2. The first-order chi connectivity index (χ1) is 12.6. The van der Waals surface area contributed by atoms with Crippen molar-refractivity contribution in [2.24, 2.45) is 0 Å².